The quantitative estimate of drug-likeness (QED) is 0.846. The van der Waals surface area contributed by atoms with Gasteiger partial charge in [0, 0.05) is 18.8 Å². The summed E-state index contributed by atoms with van der Waals surface area (Å²) in [5.41, 5.74) is 6.96. The smallest absolute Gasteiger partial charge is 0.128 e. The zero-order chi connectivity index (χ0) is 11.4. The van der Waals surface area contributed by atoms with Crippen LogP contribution in [-0.2, 0) is 0 Å². The van der Waals surface area contributed by atoms with E-state index in [1.807, 2.05) is 12.3 Å². The number of anilines is 1. The lowest BCUT2D eigenvalue weighted by molar-refractivity contribution is 0.439. The second-order valence-electron chi connectivity index (χ2n) is 4.61. The molecule has 1 unspecified atom stereocenters. The maximum absolute atomic E-state index is 5.68. The van der Waals surface area contributed by atoms with Gasteiger partial charge < -0.3 is 10.6 Å². The van der Waals surface area contributed by atoms with E-state index in [2.05, 4.69) is 22.9 Å². The van der Waals surface area contributed by atoms with Crippen LogP contribution in [0, 0.1) is 6.92 Å². The Labute approximate surface area is 97.7 Å². The number of pyridine rings is 1. The van der Waals surface area contributed by atoms with Crippen LogP contribution in [0.25, 0.3) is 0 Å². The Balaban J connectivity index is 2.16. The molecule has 0 amide bonds. The Hall–Kier alpha value is -1.09. The second kappa shape index (κ2) is 5.30. The predicted molar refractivity (Wildman–Crippen MR) is 67.6 cm³/mol. The van der Waals surface area contributed by atoms with Gasteiger partial charge >= 0.3 is 0 Å². The van der Waals surface area contributed by atoms with Crippen LogP contribution in [-0.4, -0.2) is 24.1 Å². The van der Waals surface area contributed by atoms with Crippen LogP contribution >= 0.6 is 0 Å². The number of aromatic nitrogens is 1. The van der Waals surface area contributed by atoms with Crippen molar-refractivity contribution >= 4 is 5.82 Å². The Morgan fingerprint density at radius 3 is 3.12 bits per heavy atom. The molecule has 3 nitrogen and oxygen atoms in total. The standard InChI is InChI=1S/C13H21N3/c1-11-6-8-15-13(10-11)16-9-3-2-4-12(16)5-7-14/h6,8,10,12H,2-5,7,9,14H2,1H3. The number of hydrogen-bond acceptors (Lipinski definition) is 3. The number of nitrogens with two attached hydrogens (primary N) is 1. The number of hydrogen-bond donors (Lipinski definition) is 1. The van der Waals surface area contributed by atoms with Crippen molar-refractivity contribution in [2.45, 2.75) is 38.6 Å². The topological polar surface area (TPSA) is 42.2 Å². The highest BCUT2D eigenvalue weighted by Crippen LogP contribution is 2.25. The lowest BCUT2D eigenvalue weighted by atomic mass is 9.99. The van der Waals surface area contributed by atoms with Gasteiger partial charge in [-0.15, -0.1) is 0 Å². The highest BCUT2D eigenvalue weighted by molar-refractivity contribution is 5.42. The van der Waals surface area contributed by atoms with Crippen molar-refractivity contribution in [3.8, 4) is 0 Å². The Morgan fingerprint density at radius 1 is 1.50 bits per heavy atom. The number of nitrogens with zero attached hydrogens (tertiary/aromatic N) is 2. The van der Waals surface area contributed by atoms with E-state index in [1.54, 1.807) is 0 Å². The van der Waals surface area contributed by atoms with Crippen LogP contribution < -0.4 is 10.6 Å². The Bertz CT molecular complexity index is 336. The molecule has 1 aromatic heterocycles. The van der Waals surface area contributed by atoms with Crippen molar-refractivity contribution in [3.05, 3.63) is 23.9 Å². The fraction of sp³-hybridized carbons (Fsp3) is 0.615. The molecule has 0 spiro atoms. The van der Waals surface area contributed by atoms with Crippen molar-refractivity contribution in [1.29, 1.82) is 0 Å². The molecule has 1 aromatic rings. The highest BCUT2D eigenvalue weighted by Gasteiger charge is 2.22. The third-order valence-electron chi connectivity index (χ3n) is 3.32. The number of rotatable bonds is 3. The van der Waals surface area contributed by atoms with Gasteiger partial charge in [0.2, 0.25) is 0 Å². The predicted octanol–water partition coefficient (Wildman–Crippen LogP) is 2.10. The third kappa shape index (κ3) is 2.53. The van der Waals surface area contributed by atoms with E-state index in [0.717, 1.165) is 25.3 Å². The number of piperidine rings is 1. The Morgan fingerprint density at radius 2 is 2.38 bits per heavy atom. The van der Waals surface area contributed by atoms with Gasteiger partial charge in [0.05, 0.1) is 0 Å². The van der Waals surface area contributed by atoms with Gasteiger partial charge in [-0.05, 0) is 56.8 Å². The SMILES string of the molecule is Cc1ccnc(N2CCCCC2CCN)c1. The van der Waals surface area contributed by atoms with E-state index in [4.69, 9.17) is 5.73 Å². The summed E-state index contributed by atoms with van der Waals surface area (Å²) in [6, 6.07) is 4.81. The summed E-state index contributed by atoms with van der Waals surface area (Å²) in [6.07, 6.45) is 6.84. The second-order valence-corrected chi connectivity index (χ2v) is 4.61. The van der Waals surface area contributed by atoms with E-state index in [-0.39, 0.29) is 0 Å². The molecule has 0 aliphatic carbocycles. The fourth-order valence-electron chi connectivity index (χ4n) is 2.47. The maximum Gasteiger partial charge on any atom is 0.128 e. The monoisotopic (exact) mass is 219 g/mol. The van der Waals surface area contributed by atoms with Gasteiger partial charge in [-0.25, -0.2) is 4.98 Å². The molecular formula is C13H21N3. The molecule has 0 radical (unpaired) electrons. The summed E-state index contributed by atoms with van der Waals surface area (Å²) in [7, 11) is 0. The van der Waals surface area contributed by atoms with Crippen LogP contribution in [0.3, 0.4) is 0 Å². The zero-order valence-electron chi connectivity index (χ0n) is 10.0. The van der Waals surface area contributed by atoms with Crippen LogP contribution in [0.4, 0.5) is 5.82 Å². The maximum atomic E-state index is 5.68. The minimum Gasteiger partial charge on any atom is -0.354 e. The van der Waals surface area contributed by atoms with Crippen LogP contribution in [0.2, 0.25) is 0 Å². The summed E-state index contributed by atoms with van der Waals surface area (Å²) >= 11 is 0. The summed E-state index contributed by atoms with van der Waals surface area (Å²) in [5, 5.41) is 0. The summed E-state index contributed by atoms with van der Waals surface area (Å²) in [6.45, 7) is 4.02. The van der Waals surface area contributed by atoms with Gasteiger partial charge in [-0.2, -0.15) is 0 Å². The van der Waals surface area contributed by atoms with Crippen LogP contribution in [0.5, 0.6) is 0 Å². The first-order chi connectivity index (χ1) is 7.81. The van der Waals surface area contributed by atoms with Gasteiger partial charge in [0.25, 0.3) is 0 Å². The van der Waals surface area contributed by atoms with Crippen molar-refractivity contribution in [2.75, 3.05) is 18.0 Å². The molecule has 2 N–H and O–H groups in total. The van der Waals surface area contributed by atoms with E-state index in [0.29, 0.717) is 6.04 Å². The molecule has 1 atom stereocenters. The lowest BCUT2D eigenvalue weighted by Crippen LogP contribution is -2.41. The summed E-state index contributed by atoms with van der Waals surface area (Å²) in [5.74, 6) is 1.12. The summed E-state index contributed by atoms with van der Waals surface area (Å²) < 4.78 is 0. The normalized spacial score (nSPS) is 21.1. The molecule has 1 aliphatic heterocycles. The van der Waals surface area contributed by atoms with Crippen molar-refractivity contribution < 1.29 is 0 Å². The van der Waals surface area contributed by atoms with E-state index < -0.39 is 0 Å². The summed E-state index contributed by atoms with van der Waals surface area (Å²) in [4.78, 5) is 6.91. The molecule has 0 aromatic carbocycles. The molecule has 88 valence electrons. The van der Waals surface area contributed by atoms with E-state index >= 15 is 0 Å². The molecule has 1 saturated heterocycles. The third-order valence-corrected chi connectivity index (χ3v) is 3.32. The minimum absolute atomic E-state index is 0.591. The molecule has 2 rings (SSSR count). The molecule has 0 bridgehead atoms. The lowest BCUT2D eigenvalue weighted by Gasteiger charge is -2.36. The Kier molecular flexibility index (Phi) is 3.78. The van der Waals surface area contributed by atoms with E-state index in [9.17, 15) is 0 Å². The van der Waals surface area contributed by atoms with Crippen LogP contribution in [0.15, 0.2) is 18.3 Å². The van der Waals surface area contributed by atoms with Gasteiger partial charge in [-0.3, -0.25) is 0 Å². The van der Waals surface area contributed by atoms with Gasteiger partial charge in [0.1, 0.15) is 5.82 Å². The molecular weight excluding hydrogens is 198 g/mol. The van der Waals surface area contributed by atoms with Gasteiger partial charge in [-0.1, -0.05) is 0 Å². The zero-order valence-corrected chi connectivity index (χ0v) is 10.0. The van der Waals surface area contributed by atoms with Gasteiger partial charge in [0.15, 0.2) is 0 Å². The molecule has 1 fully saturated rings. The first kappa shape index (κ1) is 11.4. The molecule has 16 heavy (non-hydrogen) atoms. The molecule has 3 heteroatoms. The largest absolute Gasteiger partial charge is 0.354 e. The molecule has 1 aliphatic rings. The minimum atomic E-state index is 0.591. The highest BCUT2D eigenvalue weighted by atomic mass is 15.2. The fourth-order valence-corrected chi connectivity index (χ4v) is 2.47. The average molecular weight is 219 g/mol. The molecule has 0 saturated carbocycles. The molecule has 2 heterocycles. The first-order valence-electron chi connectivity index (χ1n) is 6.20. The average Bonchev–Trinajstić information content (AvgIpc) is 2.30. The van der Waals surface area contributed by atoms with Crippen molar-refractivity contribution in [2.24, 2.45) is 5.73 Å². The van der Waals surface area contributed by atoms with Crippen molar-refractivity contribution in [1.82, 2.24) is 4.98 Å². The number of aryl methyl sites for hydroxylation is 1. The van der Waals surface area contributed by atoms with Crippen LogP contribution in [0.1, 0.15) is 31.2 Å². The van der Waals surface area contributed by atoms with E-state index in [1.165, 1.54) is 24.8 Å². The first-order valence-corrected chi connectivity index (χ1v) is 6.20. The van der Waals surface area contributed by atoms with Crippen molar-refractivity contribution in [3.63, 3.8) is 0 Å².